The number of nitrogens with zero attached hydrogens (tertiary/aromatic N) is 5. The van der Waals surface area contributed by atoms with Crippen LogP contribution in [0.5, 0.6) is 0 Å². The number of rotatable bonds is 5. The Bertz CT molecular complexity index is 711. The highest BCUT2D eigenvalue weighted by Crippen LogP contribution is 2.10. The molecule has 1 aliphatic rings. The van der Waals surface area contributed by atoms with Crippen molar-refractivity contribution in [3.8, 4) is 0 Å². The minimum absolute atomic E-state index is 0.0990. The van der Waals surface area contributed by atoms with E-state index in [1.807, 2.05) is 31.0 Å². The Morgan fingerprint density at radius 2 is 2.08 bits per heavy atom. The van der Waals surface area contributed by atoms with Crippen LogP contribution in [0, 0.1) is 6.92 Å². The van der Waals surface area contributed by atoms with Gasteiger partial charge in [-0.05, 0) is 38.9 Å². The van der Waals surface area contributed by atoms with E-state index >= 15 is 0 Å². The van der Waals surface area contributed by atoms with Crippen molar-refractivity contribution in [3.63, 3.8) is 0 Å². The first kappa shape index (κ1) is 17.6. The maximum Gasteiger partial charge on any atom is 0.257 e. The van der Waals surface area contributed by atoms with Crippen molar-refractivity contribution < 1.29 is 4.79 Å². The van der Waals surface area contributed by atoms with Gasteiger partial charge in [0.1, 0.15) is 0 Å². The normalized spacial score (nSPS) is 16.0. The fourth-order valence-electron chi connectivity index (χ4n) is 3.24. The number of pyridine rings is 1. The molecule has 3 rings (SSSR count). The zero-order valence-electron chi connectivity index (χ0n) is 15.2. The van der Waals surface area contributed by atoms with Crippen LogP contribution < -0.4 is 0 Å². The summed E-state index contributed by atoms with van der Waals surface area (Å²) in [6.45, 7) is 9.37. The van der Waals surface area contributed by atoms with E-state index in [0.29, 0.717) is 5.56 Å². The topological polar surface area (TPSA) is 54.3 Å². The number of amides is 1. The van der Waals surface area contributed by atoms with Gasteiger partial charge >= 0.3 is 0 Å². The smallest absolute Gasteiger partial charge is 0.257 e. The SMILES string of the molecule is CCn1cc(C(=O)N2CCCN(CCc3cccc(C)n3)CC2)cn1. The Labute approximate surface area is 149 Å². The van der Waals surface area contributed by atoms with Gasteiger partial charge < -0.3 is 9.80 Å². The van der Waals surface area contributed by atoms with Gasteiger partial charge in [-0.2, -0.15) is 5.10 Å². The zero-order chi connectivity index (χ0) is 17.6. The van der Waals surface area contributed by atoms with Crippen LogP contribution in [-0.4, -0.2) is 63.2 Å². The van der Waals surface area contributed by atoms with Gasteiger partial charge in [0.15, 0.2) is 0 Å². The average molecular weight is 341 g/mol. The van der Waals surface area contributed by atoms with E-state index in [2.05, 4.69) is 27.1 Å². The van der Waals surface area contributed by atoms with Gasteiger partial charge in [-0.3, -0.25) is 14.5 Å². The maximum atomic E-state index is 12.6. The van der Waals surface area contributed by atoms with E-state index in [4.69, 9.17) is 0 Å². The molecular formula is C19H27N5O. The van der Waals surface area contributed by atoms with Crippen LogP contribution in [0.3, 0.4) is 0 Å². The highest BCUT2D eigenvalue weighted by molar-refractivity contribution is 5.93. The van der Waals surface area contributed by atoms with E-state index < -0.39 is 0 Å². The lowest BCUT2D eigenvalue weighted by atomic mass is 10.2. The van der Waals surface area contributed by atoms with E-state index in [9.17, 15) is 4.79 Å². The Morgan fingerprint density at radius 1 is 1.20 bits per heavy atom. The molecule has 2 aromatic rings. The molecule has 6 heteroatoms. The highest BCUT2D eigenvalue weighted by atomic mass is 16.2. The monoisotopic (exact) mass is 341 g/mol. The molecule has 0 spiro atoms. The predicted octanol–water partition coefficient (Wildman–Crippen LogP) is 2.00. The third-order valence-corrected chi connectivity index (χ3v) is 4.71. The molecule has 1 saturated heterocycles. The van der Waals surface area contributed by atoms with Crippen LogP contribution in [0.4, 0.5) is 0 Å². The van der Waals surface area contributed by atoms with E-state index in [1.54, 1.807) is 10.9 Å². The number of aromatic nitrogens is 3. The summed E-state index contributed by atoms with van der Waals surface area (Å²) in [5, 5.41) is 4.21. The second-order valence-electron chi connectivity index (χ2n) is 6.59. The molecule has 0 saturated carbocycles. The second-order valence-corrected chi connectivity index (χ2v) is 6.59. The minimum Gasteiger partial charge on any atom is -0.337 e. The Balaban J connectivity index is 1.52. The number of aryl methyl sites for hydroxylation is 2. The van der Waals surface area contributed by atoms with Gasteiger partial charge in [-0.15, -0.1) is 0 Å². The summed E-state index contributed by atoms with van der Waals surface area (Å²) in [5.74, 6) is 0.0990. The lowest BCUT2D eigenvalue weighted by Gasteiger charge is -2.21. The van der Waals surface area contributed by atoms with Crippen LogP contribution in [0.2, 0.25) is 0 Å². The molecule has 25 heavy (non-hydrogen) atoms. The number of carbonyl (C=O) groups is 1. The summed E-state index contributed by atoms with van der Waals surface area (Å²) in [5.41, 5.74) is 2.90. The number of carbonyl (C=O) groups excluding carboxylic acids is 1. The standard InChI is InChI=1S/C19H27N5O/c1-3-24-15-17(14-20-24)19(25)23-10-5-9-22(12-13-23)11-8-18-7-4-6-16(2)21-18/h4,6-7,14-15H,3,5,8-13H2,1-2H3. The highest BCUT2D eigenvalue weighted by Gasteiger charge is 2.21. The van der Waals surface area contributed by atoms with Crippen molar-refractivity contribution in [3.05, 3.63) is 47.5 Å². The van der Waals surface area contributed by atoms with Crippen molar-refractivity contribution in [1.82, 2.24) is 24.6 Å². The lowest BCUT2D eigenvalue weighted by molar-refractivity contribution is 0.0761. The molecule has 0 N–H and O–H groups in total. The predicted molar refractivity (Wildman–Crippen MR) is 97.5 cm³/mol. The number of hydrogen-bond acceptors (Lipinski definition) is 4. The average Bonchev–Trinajstić information content (AvgIpc) is 2.98. The summed E-state index contributed by atoms with van der Waals surface area (Å²) >= 11 is 0. The van der Waals surface area contributed by atoms with Gasteiger partial charge in [0, 0.05) is 56.7 Å². The van der Waals surface area contributed by atoms with Gasteiger partial charge in [-0.25, -0.2) is 0 Å². The lowest BCUT2D eigenvalue weighted by Crippen LogP contribution is -2.35. The summed E-state index contributed by atoms with van der Waals surface area (Å²) in [6.07, 6.45) is 5.49. The summed E-state index contributed by atoms with van der Waals surface area (Å²) in [4.78, 5) is 21.6. The van der Waals surface area contributed by atoms with Crippen molar-refractivity contribution >= 4 is 5.91 Å². The molecule has 0 unspecified atom stereocenters. The molecule has 6 nitrogen and oxygen atoms in total. The van der Waals surface area contributed by atoms with Crippen LogP contribution in [0.1, 0.15) is 35.1 Å². The van der Waals surface area contributed by atoms with Gasteiger partial charge in [0.2, 0.25) is 0 Å². The molecule has 0 radical (unpaired) electrons. The van der Waals surface area contributed by atoms with Gasteiger partial charge in [0.25, 0.3) is 5.91 Å². The molecule has 134 valence electrons. The molecular weight excluding hydrogens is 314 g/mol. The summed E-state index contributed by atoms with van der Waals surface area (Å²) in [7, 11) is 0. The third-order valence-electron chi connectivity index (χ3n) is 4.71. The fourth-order valence-corrected chi connectivity index (χ4v) is 3.24. The largest absolute Gasteiger partial charge is 0.337 e. The maximum absolute atomic E-state index is 12.6. The molecule has 0 aliphatic carbocycles. The third kappa shape index (κ3) is 4.66. The first-order chi connectivity index (χ1) is 12.2. The van der Waals surface area contributed by atoms with Crippen molar-refractivity contribution in [2.45, 2.75) is 33.2 Å². The molecule has 1 amide bonds. The molecule has 1 fully saturated rings. The molecule has 0 atom stereocenters. The summed E-state index contributed by atoms with van der Waals surface area (Å²) in [6, 6.07) is 6.18. The quantitative estimate of drug-likeness (QED) is 0.835. The first-order valence-electron chi connectivity index (χ1n) is 9.12. The fraction of sp³-hybridized carbons (Fsp3) is 0.526. The number of hydrogen-bond donors (Lipinski definition) is 0. The van der Waals surface area contributed by atoms with Gasteiger partial charge in [-0.1, -0.05) is 6.07 Å². The zero-order valence-corrected chi connectivity index (χ0v) is 15.2. The molecule has 2 aromatic heterocycles. The van der Waals surface area contributed by atoms with Crippen molar-refractivity contribution in [1.29, 1.82) is 0 Å². The Morgan fingerprint density at radius 3 is 2.84 bits per heavy atom. The molecule has 0 bridgehead atoms. The van der Waals surface area contributed by atoms with Crippen molar-refractivity contribution in [2.75, 3.05) is 32.7 Å². The molecule has 3 heterocycles. The van der Waals surface area contributed by atoms with Crippen LogP contribution in [0.25, 0.3) is 0 Å². The van der Waals surface area contributed by atoms with Crippen LogP contribution in [0.15, 0.2) is 30.6 Å². The minimum atomic E-state index is 0.0990. The van der Waals surface area contributed by atoms with Gasteiger partial charge in [0.05, 0.1) is 11.8 Å². The Kier molecular flexibility index (Phi) is 5.81. The van der Waals surface area contributed by atoms with Crippen LogP contribution in [-0.2, 0) is 13.0 Å². The molecule has 0 aromatic carbocycles. The molecule has 1 aliphatic heterocycles. The summed E-state index contributed by atoms with van der Waals surface area (Å²) < 4.78 is 1.80. The van der Waals surface area contributed by atoms with Crippen molar-refractivity contribution in [2.24, 2.45) is 0 Å². The van der Waals surface area contributed by atoms with Crippen LogP contribution >= 0.6 is 0 Å². The van der Waals surface area contributed by atoms with E-state index in [0.717, 1.165) is 63.5 Å². The van der Waals surface area contributed by atoms with E-state index in [1.165, 1.54) is 0 Å². The second kappa shape index (κ2) is 8.25. The first-order valence-corrected chi connectivity index (χ1v) is 9.12. The Hall–Kier alpha value is -2.21. The van der Waals surface area contributed by atoms with E-state index in [-0.39, 0.29) is 5.91 Å².